The molecule has 2 unspecified atom stereocenters. The lowest BCUT2D eigenvalue weighted by Crippen LogP contribution is -2.30. The molecule has 0 saturated heterocycles. The molecule has 510 valence electrons. The Hall–Kier alpha value is -1.94. The van der Waals surface area contributed by atoms with Gasteiger partial charge in [0, 0.05) is 25.7 Å². The van der Waals surface area contributed by atoms with Gasteiger partial charge in [-0.05, 0) is 31.6 Å². The van der Waals surface area contributed by atoms with Gasteiger partial charge in [-0.15, -0.1) is 0 Å². The van der Waals surface area contributed by atoms with Gasteiger partial charge < -0.3 is 33.8 Å². The number of aliphatic hydroxyl groups excluding tert-OH is 1. The Kier molecular flexibility index (Phi) is 59.2. The lowest BCUT2D eigenvalue weighted by atomic mass is 10.0. The van der Waals surface area contributed by atoms with Crippen LogP contribution in [0.3, 0.4) is 0 Å². The van der Waals surface area contributed by atoms with Crippen LogP contribution in [-0.2, 0) is 65.4 Å². The van der Waals surface area contributed by atoms with Crippen LogP contribution in [0, 0.1) is 5.92 Å². The first-order valence-corrected chi connectivity index (χ1v) is 38.1. The van der Waals surface area contributed by atoms with E-state index in [1.807, 2.05) is 0 Å². The average molecular weight is 1270 g/mol. The van der Waals surface area contributed by atoms with Crippen LogP contribution in [0.2, 0.25) is 0 Å². The number of unbranched alkanes of at least 4 members (excludes halogenated alkanes) is 39. The third-order valence-electron chi connectivity index (χ3n) is 15.5. The topological polar surface area (TPSA) is 237 Å². The molecular weight excluding hydrogens is 1140 g/mol. The van der Waals surface area contributed by atoms with Crippen molar-refractivity contribution in [3.8, 4) is 0 Å². The van der Waals surface area contributed by atoms with Crippen LogP contribution >= 0.6 is 15.6 Å². The van der Waals surface area contributed by atoms with Crippen LogP contribution in [0.1, 0.15) is 343 Å². The van der Waals surface area contributed by atoms with Gasteiger partial charge in [0.05, 0.1) is 26.4 Å². The maximum absolute atomic E-state index is 13.0. The summed E-state index contributed by atoms with van der Waals surface area (Å²) >= 11 is 0. The predicted molar refractivity (Wildman–Crippen MR) is 345 cm³/mol. The number of ether oxygens (including phenoxy) is 4. The van der Waals surface area contributed by atoms with Crippen molar-refractivity contribution in [3.05, 3.63) is 0 Å². The molecule has 0 aliphatic carbocycles. The molecule has 0 aliphatic rings. The van der Waals surface area contributed by atoms with Gasteiger partial charge in [0.2, 0.25) is 0 Å². The Balaban J connectivity index is 5.15. The average Bonchev–Trinajstić information content (AvgIpc) is 3.66. The second-order valence-corrected chi connectivity index (χ2v) is 27.6. The standard InChI is InChI=1S/C67H130O17P2/c1-6-9-12-15-18-21-22-23-24-25-26-27-28-29-30-31-38-43-48-53-67(72)84-63(57-78-65(70)51-46-41-37-33-32-34-39-44-49-60(4)5)59-82-86(75,76)80-55-61(68)54-79-85(73,74)81-58-62(83-66(71)52-47-42-36-20-17-14-11-8-3)56-77-64(69)50-45-40-35-19-16-13-10-7-2/h60-63,68H,6-59H2,1-5H3,(H,73,74)(H,75,76)/t61-,62+,63+/m0/s1. The van der Waals surface area contributed by atoms with Crippen molar-refractivity contribution < 1.29 is 80.2 Å². The molecule has 0 radical (unpaired) electrons. The Morgan fingerprint density at radius 1 is 0.314 bits per heavy atom. The van der Waals surface area contributed by atoms with E-state index in [4.69, 9.17) is 37.0 Å². The van der Waals surface area contributed by atoms with Gasteiger partial charge in [0.15, 0.2) is 12.2 Å². The second kappa shape index (κ2) is 60.6. The normalized spacial score (nSPS) is 14.2. The van der Waals surface area contributed by atoms with Crippen molar-refractivity contribution >= 4 is 39.5 Å². The highest BCUT2D eigenvalue weighted by Crippen LogP contribution is 2.45. The Morgan fingerprint density at radius 2 is 0.535 bits per heavy atom. The van der Waals surface area contributed by atoms with Crippen molar-refractivity contribution in [1.82, 2.24) is 0 Å². The number of carbonyl (C=O) groups excluding carboxylic acids is 4. The molecule has 3 N–H and O–H groups in total. The molecular formula is C67H130O17P2. The minimum atomic E-state index is -4.95. The van der Waals surface area contributed by atoms with E-state index in [1.165, 1.54) is 154 Å². The van der Waals surface area contributed by atoms with Gasteiger partial charge in [-0.3, -0.25) is 37.3 Å². The van der Waals surface area contributed by atoms with Gasteiger partial charge in [0.1, 0.15) is 19.3 Å². The molecule has 0 rings (SSSR count). The molecule has 19 heteroatoms. The molecule has 0 spiro atoms. The molecule has 0 aromatic heterocycles. The fourth-order valence-corrected chi connectivity index (χ4v) is 11.7. The molecule has 0 saturated carbocycles. The van der Waals surface area contributed by atoms with Crippen LogP contribution in [0.25, 0.3) is 0 Å². The summed E-state index contributed by atoms with van der Waals surface area (Å²) in [6, 6.07) is 0. The van der Waals surface area contributed by atoms with E-state index in [9.17, 15) is 43.2 Å². The molecule has 5 atom stereocenters. The van der Waals surface area contributed by atoms with Crippen molar-refractivity contribution in [2.45, 2.75) is 361 Å². The fraction of sp³-hybridized carbons (Fsp3) is 0.940. The third kappa shape index (κ3) is 60.9. The third-order valence-corrected chi connectivity index (χ3v) is 17.4. The highest BCUT2D eigenvalue weighted by atomic mass is 31.2. The van der Waals surface area contributed by atoms with Crippen molar-refractivity contribution in [1.29, 1.82) is 0 Å². The number of aliphatic hydroxyl groups is 1. The Morgan fingerprint density at radius 3 is 0.791 bits per heavy atom. The smallest absolute Gasteiger partial charge is 0.462 e. The molecule has 0 fully saturated rings. The van der Waals surface area contributed by atoms with Crippen LogP contribution < -0.4 is 0 Å². The van der Waals surface area contributed by atoms with Crippen LogP contribution in [0.4, 0.5) is 0 Å². The first kappa shape index (κ1) is 84.1. The molecule has 86 heavy (non-hydrogen) atoms. The van der Waals surface area contributed by atoms with Crippen LogP contribution in [0.5, 0.6) is 0 Å². The van der Waals surface area contributed by atoms with Crippen molar-refractivity contribution in [2.24, 2.45) is 5.92 Å². The van der Waals surface area contributed by atoms with Gasteiger partial charge >= 0.3 is 39.5 Å². The lowest BCUT2D eigenvalue weighted by Gasteiger charge is -2.21. The highest BCUT2D eigenvalue weighted by Gasteiger charge is 2.30. The van der Waals surface area contributed by atoms with E-state index in [0.717, 1.165) is 109 Å². The second-order valence-electron chi connectivity index (χ2n) is 24.7. The number of rotatable bonds is 67. The monoisotopic (exact) mass is 1270 g/mol. The summed E-state index contributed by atoms with van der Waals surface area (Å²) in [4.78, 5) is 72.2. The lowest BCUT2D eigenvalue weighted by molar-refractivity contribution is -0.161. The number of esters is 4. The summed E-state index contributed by atoms with van der Waals surface area (Å²) in [5.41, 5.74) is 0. The van der Waals surface area contributed by atoms with Crippen molar-refractivity contribution in [3.63, 3.8) is 0 Å². The first-order chi connectivity index (χ1) is 41.5. The molecule has 0 aromatic carbocycles. The molecule has 0 aromatic rings. The maximum Gasteiger partial charge on any atom is 0.472 e. The van der Waals surface area contributed by atoms with E-state index >= 15 is 0 Å². The van der Waals surface area contributed by atoms with Gasteiger partial charge in [-0.25, -0.2) is 9.13 Å². The summed E-state index contributed by atoms with van der Waals surface area (Å²) in [6.45, 7) is 7.13. The minimum absolute atomic E-state index is 0.105. The van der Waals surface area contributed by atoms with Gasteiger partial charge in [-0.1, -0.05) is 291 Å². The molecule has 0 bridgehead atoms. The number of carbonyl (C=O) groups is 4. The van der Waals surface area contributed by atoms with Gasteiger partial charge in [0.25, 0.3) is 0 Å². The van der Waals surface area contributed by atoms with E-state index < -0.39 is 97.5 Å². The zero-order valence-electron chi connectivity index (χ0n) is 55.4. The summed E-state index contributed by atoms with van der Waals surface area (Å²) < 4.78 is 68.0. The van der Waals surface area contributed by atoms with E-state index in [0.29, 0.717) is 25.7 Å². The summed E-state index contributed by atoms with van der Waals surface area (Å²) in [5.74, 6) is -1.41. The number of hydrogen-bond donors (Lipinski definition) is 3. The minimum Gasteiger partial charge on any atom is -0.462 e. The Labute approximate surface area is 524 Å². The fourth-order valence-electron chi connectivity index (χ4n) is 10.1. The van der Waals surface area contributed by atoms with E-state index in [-0.39, 0.29) is 25.7 Å². The zero-order valence-corrected chi connectivity index (χ0v) is 57.2. The van der Waals surface area contributed by atoms with Crippen LogP contribution in [-0.4, -0.2) is 96.7 Å². The molecule has 0 heterocycles. The summed E-state index contributed by atoms with van der Waals surface area (Å²) in [6.07, 6.45) is 46.1. The molecule has 0 amide bonds. The van der Waals surface area contributed by atoms with Gasteiger partial charge in [-0.2, -0.15) is 0 Å². The summed E-state index contributed by atoms with van der Waals surface area (Å²) in [5, 5.41) is 10.5. The van der Waals surface area contributed by atoms with E-state index in [1.54, 1.807) is 0 Å². The van der Waals surface area contributed by atoms with E-state index in [2.05, 4.69) is 34.6 Å². The first-order valence-electron chi connectivity index (χ1n) is 35.1. The largest absolute Gasteiger partial charge is 0.472 e. The van der Waals surface area contributed by atoms with Crippen LogP contribution in [0.15, 0.2) is 0 Å². The maximum atomic E-state index is 13.0. The SMILES string of the molecule is CCCCCCCCCCCCCCCCCCCCCC(=O)O[C@H](COC(=O)CCCCCCCCCCC(C)C)COP(=O)(O)OC[C@@H](O)COP(=O)(O)OC[C@@H](COC(=O)CCCCCCCCCC)OC(=O)CCCCCCCCCC. The summed E-state index contributed by atoms with van der Waals surface area (Å²) in [7, 11) is -9.88. The Bertz CT molecular complexity index is 1670. The number of phosphoric acid groups is 2. The number of hydrogen-bond acceptors (Lipinski definition) is 15. The number of phosphoric ester groups is 2. The zero-order chi connectivity index (χ0) is 63.5. The highest BCUT2D eigenvalue weighted by molar-refractivity contribution is 7.47. The van der Waals surface area contributed by atoms with Crippen molar-refractivity contribution in [2.75, 3.05) is 39.6 Å². The quantitative estimate of drug-likeness (QED) is 0.0222. The molecule has 17 nitrogen and oxygen atoms in total. The molecule has 0 aliphatic heterocycles. The predicted octanol–water partition coefficient (Wildman–Crippen LogP) is 19.0.